The lowest BCUT2D eigenvalue weighted by Gasteiger charge is -2.18. The topological polar surface area (TPSA) is 112 Å². The summed E-state index contributed by atoms with van der Waals surface area (Å²) in [4.78, 5) is 39.2. The second-order valence-corrected chi connectivity index (χ2v) is 7.72. The van der Waals surface area contributed by atoms with Gasteiger partial charge in [-0.1, -0.05) is 12.1 Å². The number of methoxy groups -OCH3 is 1. The highest BCUT2D eigenvalue weighted by molar-refractivity contribution is 5.96. The SMILES string of the molecule is COC(=O)c1cnn(-c2ccc(C#N)cc2)c1-c1c(C)n(-c2cccc(CF)c2)c(=O)n(C)c1=O. The Labute approximate surface area is 198 Å². The molecule has 0 aliphatic rings. The van der Waals surface area contributed by atoms with E-state index in [4.69, 9.17) is 10.00 Å². The molecule has 2 aromatic heterocycles. The maximum atomic E-state index is 13.4. The number of carbonyl (C=O) groups excluding carboxylic acids is 1. The van der Waals surface area contributed by atoms with Crippen molar-refractivity contribution in [3.8, 4) is 28.7 Å². The van der Waals surface area contributed by atoms with E-state index in [9.17, 15) is 18.8 Å². The molecule has 0 aliphatic heterocycles. The summed E-state index contributed by atoms with van der Waals surface area (Å²) in [6, 6.07) is 14.8. The predicted molar refractivity (Wildman–Crippen MR) is 125 cm³/mol. The summed E-state index contributed by atoms with van der Waals surface area (Å²) in [6.45, 7) is 0.843. The Morgan fingerprint density at radius 1 is 1.14 bits per heavy atom. The summed E-state index contributed by atoms with van der Waals surface area (Å²) in [6.07, 6.45) is 1.28. The van der Waals surface area contributed by atoms with E-state index in [1.165, 1.54) is 35.7 Å². The van der Waals surface area contributed by atoms with E-state index in [1.807, 2.05) is 6.07 Å². The summed E-state index contributed by atoms with van der Waals surface area (Å²) in [5.74, 6) is -0.724. The monoisotopic (exact) mass is 473 g/mol. The van der Waals surface area contributed by atoms with Crippen molar-refractivity contribution in [3.63, 3.8) is 0 Å². The molecule has 0 atom stereocenters. The number of aromatic nitrogens is 4. The molecule has 10 heteroatoms. The molecule has 0 unspecified atom stereocenters. The van der Waals surface area contributed by atoms with Crippen molar-refractivity contribution in [1.29, 1.82) is 5.26 Å². The van der Waals surface area contributed by atoms with Gasteiger partial charge in [-0.3, -0.25) is 13.9 Å². The molecule has 0 saturated heterocycles. The first-order valence-electron chi connectivity index (χ1n) is 10.5. The first-order valence-corrected chi connectivity index (χ1v) is 10.5. The largest absolute Gasteiger partial charge is 0.465 e. The molecule has 0 amide bonds. The number of esters is 1. The zero-order valence-corrected chi connectivity index (χ0v) is 19.2. The van der Waals surface area contributed by atoms with E-state index in [-0.39, 0.29) is 22.5 Å². The summed E-state index contributed by atoms with van der Waals surface area (Å²) in [7, 11) is 2.53. The highest BCUT2D eigenvalue weighted by Gasteiger charge is 2.27. The minimum atomic E-state index is -0.724. The van der Waals surface area contributed by atoms with Gasteiger partial charge in [0, 0.05) is 12.7 Å². The highest BCUT2D eigenvalue weighted by atomic mass is 19.1. The van der Waals surface area contributed by atoms with Crippen LogP contribution in [-0.2, 0) is 18.5 Å². The van der Waals surface area contributed by atoms with Crippen molar-refractivity contribution in [3.05, 3.63) is 98.0 Å². The zero-order valence-electron chi connectivity index (χ0n) is 19.2. The second-order valence-electron chi connectivity index (χ2n) is 7.72. The van der Waals surface area contributed by atoms with Crippen molar-refractivity contribution in [1.82, 2.24) is 18.9 Å². The molecular formula is C25H20FN5O4. The molecule has 0 fully saturated rings. The number of benzene rings is 2. The van der Waals surface area contributed by atoms with Gasteiger partial charge >= 0.3 is 11.7 Å². The standard InChI is InChI=1S/C25H20FN5O4/c1-15-21(23(32)29(2)25(34)30(15)19-6-4-5-17(11-19)12-26)22-20(24(33)35-3)14-28-31(22)18-9-7-16(13-27)8-10-18/h4-11,14H,12H2,1-3H3. The van der Waals surface area contributed by atoms with E-state index in [0.29, 0.717) is 22.5 Å². The lowest BCUT2D eigenvalue weighted by atomic mass is 10.1. The summed E-state index contributed by atoms with van der Waals surface area (Å²) in [5.41, 5.74) is 0.759. The molecule has 2 aromatic carbocycles. The van der Waals surface area contributed by atoms with Crippen LogP contribution in [-0.4, -0.2) is 32.0 Å². The molecule has 9 nitrogen and oxygen atoms in total. The van der Waals surface area contributed by atoms with Crippen molar-refractivity contribution in [2.24, 2.45) is 7.05 Å². The van der Waals surface area contributed by atoms with Crippen molar-refractivity contribution >= 4 is 5.97 Å². The molecule has 0 bridgehead atoms. The van der Waals surface area contributed by atoms with Crippen molar-refractivity contribution in [2.45, 2.75) is 13.6 Å². The third-order valence-electron chi connectivity index (χ3n) is 5.67. The number of rotatable bonds is 5. The third-order valence-corrected chi connectivity index (χ3v) is 5.67. The normalized spacial score (nSPS) is 10.7. The number of hydrogen-bond acceptors (Lipinski definition) is 6. The lowest BCUT2D eigenvalue weighted by molar-refractivity contribution is 0.0601. The molecule has 0 N–H and O–H groups in total. The fraction of sp³-hybridized carbons (Fsp3) is 0.160. The molecular weight excluding hydrogens is 453 g/mol. The van der Waals surface area contributed by atoms with Crippen LogP contribution in [0.3, 0.4) is 0 Å². The van der Waals surface area contributed by atoms with Crippen molar-refractivity contribution < 1.29 is 13.9 Å². The predicted octanol–water partition coefficient (Wildman–Crippen LogP) is 2.83. The average Bonchev–Trinajstić information content (AvgIpc) is 3.32. The third kappa shape index (κ3) is 3.93. The molecule has 176 valence electrons. The summed E-state index contributed by atoms with van der Waals surface area (Å²) < 4.78 is 21.8. The Hall–Kier alpha value is -4.78. The van der Waals surface area contributed by atoms with Gasteiger partial charge in [0.1, 0.15) is 12.2 Å². The number of halogens is 1. The van der Waals surface area contributed by atoms with E-state index >= 15 is 0 Å². The van der Waals surface area contributed by atoms with Crippen LogP contribution >= 0.6 is 0 Å². The molecule has 0 saturated carbocycles. The Bertz CT molecular complexity index is 1610. The number of ether oxygens (including phenoxy) is 1. The molecule has 2 heterocycles. The average molecular weight is 473 g/mol. The zero-order chi connectivity index (χ0) is 25.3. The number of carbonyl (C=O) groups is 1. The Morgan fingerprint density at radius 2 is 1.86 bits per heavy atom. The van der Waals surface area contributed by atoms with Crippen LogP contribution in [0.15, 0.2) is 64.3 Å². The first kappa shape index (κ1) is 23.4. The quantitative estimate of drug-likeness (QED) is 0.412. The molecule has 4 rings (SSSR count). The van der Waals surface area contributed by atoms with E-state index < -0.39 is 23.9 Å². The van der Waals surface area contributed by atoms with Gasteiger partial charge in [0.05, 0.1) is 47.6 Å². The number of nitrogens with zero attached hydrogens (tertiary/aromatic N) is 5. The summed E-state index contributed by atoms with van der Waals surface area (Å²) >= 11 is 0. The van der Waals surface area contributed by atoms with Gasteiger partial charge in [-0.2, -0.15) is 10.4 Å². The van der Waals surface area contributed by atoms with E-state index in [0.717, 1.165) is 4.57 Å². The maximum Gasteiger partial charge on any atom is 0.341 e. The van der Waals surface area contributed by atoms with Gasteiger partial charge in [0.25, 0.3) is 5.56 Å². The van der Waals surface area contributed by atoms with Crippen LogP contribution in [0.5, 0.6) is 0 Å². The first-order chi connectivity index (χ1) is 16.8. The van der Waals surface area contributed by atoms with E-state index in [2.05, 4.69) is 5.10 Å². The van der Waals surface area contributed by atoms with Crippen molar-refractivity contribution in [2.75, 3.05) is 7.11 Å². The van der Waals surface area contributed by atoms with Crippen LogP contribution in [0.1, 0.15) is 27.2 Å². The fourth-order valence-electron chi connectivity index (χ4n) is 3.89. The van der Waals surface area contributed by atoms with Crippen LogP contribution in [0.4, 0.5) is 4.39 Å². The molecule has 35 heavy (non-hydrogen) atoms. The number of hydrogen-bond donors (Lipinski definition) is 0. The highest BCUT2D eigenvalue weighted by Crippen LogP contribution is 2.28. The second kappa shape index (κ2) is 9.23. The maximum absolute atomic E-state index is 13.4. The molecule has 0 aliphatic carbocycles. The lowest BCUT2D eigenvalue weighted by Crippen LogP contribution is -2.40. The Balaban J connectivity index is 2.10. The minimum absolute atomic E-state index is 0.0137. The van der Waals surface area contributed by atoms with Crippen LogP contribution in [0, 0.1) is 18.3 Å². The van der Waals surface area contributed by atoms with Gasteiger partial charge in [0.15, 0.2) is 0 Å². The van der Waals surface area contributed by atoms with Gasteiger partial charge in [-0.15, -0.1) is 0 Å². The Morgan fingerprint density at radius 3 is 2.49 bits per heavy atom. The minimum Gasteiger partial charge on any atom is -0.465 e. The van der Waals surface area contributed by atoms with Gasteiger partial charge in [0.2, 0.25) is 0 Å². The summed E-state index contributed by atoms with van der Waals surface area (Å²) in [5, 5.41) is 13.4. The Kier molecular flexibility index (Phi) is 6.16. The molecule has 0 spiro atoms. The number of alkyl halides is 1. The molecule has 4 aromatic rings. The number of nitriles is 1. The molecule has 0 radical (unpaired) electrons. The van der Waals surface area contributed by atoms with Crippen LogP contribution in [0.25, 0.3) is 22.6 Å². The van der Waals surface area contributed by atoms with Crippen LogP contribution in [0.2, 0.25) is 0 Å². The smallest absolute Gasteiger partial charge is 0.341 e. The fourth-order valence-corrected chi connectivity index (χ4v) is 3.89. The van der Waals surface area contributed by atoms with E-state index in [1.54, 1.807) is 49.4 Å². The van der Waals surface area contributed by atoms with Gasteiger partial charge in [-0.05, 0) is 48.9 Å². The van der Waals surface area contributed by atoms with Gasteiger partial charge in [-0.25, -0.2) is 18.7 Å². The van der Waals surface area contributed by atoms with Gasteiger partial charge < -0.3 is 4.74 Å². The van der Waals surface area contributed by atoms with Crippen LogP contribution < -0.4 is 11.2 Å².